The van der Waals surface area contributed by atoms with E-state index in [1.807, 2.05) is 7.05 Å². The molecule has 1 saturated carbocycles. The molecule has 1 fully saturated rings. The molecular formula is C18H25N3. The highest BCUT2D eigenvalue weighted by Gasteiger charge is 2.20. The Kier molecular flexibility index (Phi) is 4.39. The fraction of sp³-hybridized carbons (Fsp3) is 0.500. The second kappa shape index (κ2) is 6.44. The van der Waals surface area contributed by atoms with Gasteiger partial charge in [-0.3, -0.25) is 0 Å². The average molecular weight is 283 g/mol. The summed E-state index contributed by atoms with van der Waals surface area (Å²) in [6.45, 7) is 0.883. The molecule has 2 aromatic rings. The first-order valence-electron chi connectivity index (χ1n) is 8.05. The molecule has 0 unspecified atom stereocenters. The Bertz CT molecular complexity index is 602. The van der Waals surface area contributed by atoms with Crippen LogP contribution in [0.25, 0.3) is 10.9 Å². The first kappa shape index (κ1) is 14.3. The lowest BCUT2D eigenvalue weighted by Gasteiger charge is -2.32. The van der Waals surface area contributed by atoms with Gasteiger partial charge < -0.3 is 10.2 Å². The Morgan fingerprint density at radius 1 is 1.19 bits per heavy atom. The minimum Gasteiger partial charge on any atom is -0.357 e. The molecule has 3 rings (SSSR count). The Balaban J connectivity index is 1.97. The van der Waals surface area contributed by atoms with E-state index in [1.54, 1.807) is 0 Å². The van der Waals surface area contributed by atoms with Crippen molar-refractivity contribution in [2.24, 2.45) is 0 Å². The van der Waals surface area contributed by atoms with Crippen molar-refractivity contribution in [3.05, 3.63) is 35.9 Å². The summed E-state index contributed by atoms with van der Waals surface area (Å²) in [4.78, 5) is 7.29. The van der Waals surface area contributed by atoms with Gasteiger partial charge >= 0.3 is 0 Å². The number of anilines is 1. The number of hydrogen-bond acceptors (Lipinski definition) is 3. The minimum atomic E-state index is 0.648. The zero-order chi connectivity index (χ0) is 14.7. The van der Waals surface area contributed by atoms with E-state index in [0.717, 1.165) is 17.9 Å². The smallest absolute Gasteiger partial charge is 0.129 e. The summed E-state index contributed by atoms with van der Waals surface area (Å²) in [5.41, 5.74) is 2.43. The van der Waals surface area contributed by atoms with E-state index in [4.69, 9.17) is 4.98 Å². The Morgan fingerprint density at radius 2 is 1.95 bits per heavy atom. The van der Waals surface area contributed by atoms with Crippen molar-refractivity contribution in [3.8, 4) is 0 Å². The average Bonchev–Trinajstić information content (AvgIpc) is 2.55. The van der Waals surface area contributed by atoms with Gasteiger partial charge in [0.2, 0.25) is 0 Å². The first-order chi connectivity index (χ1) is 10.3. The summed E-state index contributed by atoms with van der Waals surface area (Å²) >= 11 is 0. The van der Waals surface area contributed by atoms with Crippen molar-refractivity contribution in [3.63, 3.8) is 0 Å². The van der Waals surface area contributed by atoms with Crippen molar-refractivity contribution in [2.75, 3.05) is 19.0 Å². The Labute approximate surface area is 127 Å². The van der Waals surface area contributed by atoms with E-state index in [9.17, 15) is 0 Å². The van der Waals surface area contributed by atoms with Gasteiger partial charge in [-0.2, -0.15) is 0 Å². The van der Waals surface area contributed by atoms with Gasteiger partial charge in [0.25, 0.3) is 0 Å². The number of fused-ring (bicyclic) bond motifs is 1. The summed E-state index contributed by atoms with van der Waals surface area (Å²) in [6.07, 6.45) is 6.69. The number of rotatable bonds is 4. The van der Waals surface area contributed by atoms with E-state index in [2.05, 4.69) is 47.6 Å². The van der Waals surface area contributed by atoms with Crippen molar-refractivity contribution in [1.29, 1.82) is 0 Å². The Morgan fingerprint density at radius 3 is 2.71 bits per heavy atom. The van der Waals surface area contributed by atoms with E-state index in [0.29, 0.717) is 6.04 Å². The Hall–Kier alpha value is -1.61. The lowest BCUT2D eigenvalue weighted by molar-refractivity contribution is 0.426. The SMILES string of the molecule is CNCc1cc(N(C)C2CCCCC2)nc2ccccc12. The number of para-hydroxylation sites is 1. The van der Waals surface area contributed by atoms with Gasteiger partial charge in [0.05, 0.1) is 5.52 Å². The summed E-state index contributed by atoms with van der Waals surface area (Å²) < 4.78 is 0. The fourth-order valence-corrected chi connectivity index (χ4v) is 3.40. The fourth-order valence-electron chi connectivity index (χ4n) is 3.40. The third-order valence-corrected chi connectivity index (χ3v) is 4.64. The van der Waals surface area contributed by atoms with Gasteiger partial charge in [-0.15, -0.1) is 0 Å². The van der Waals surface area contributed by atoms with Crippen LogP contribution in [0.4, 0.5) is 5.82 Å². The van der Waals surface area contributed by atoms with Gasteiger partial charge in [0.1, 0.15) is 5.82 Å². The molecule has 1 heterocycles. The molecule has 0 saturated heterocycles. The zero-order valence-corrected chi connectivity index (χ0v) is 13.1. The molecule has 0 spiro atoms. The van der Waals surface area contributed by atoms with Gasteiger partial charge in [-0.05, 0) is 37.6 Å². The van der Waals surface area contributed by atoms with Crippen LogP contribution >= 0.6 is 0 Å². The largest absolute Gasteiger partial charge is 0.357 e. The third kappa shape index (κ3) is 3.03. The number of benzene rings is 1. The molecule has 1 aliphatic rings. The molecule has 0 radical (unpaired) electrons. The molecule has 1 aromatic carbocycles. The van der Waals surface area contributed by atoms with Crippen molar-refractivity contribution < 1.29 is 0 Å². The maximum Gasteiger partial charge on any atom is 0.129 e. The normalized spacial score (nSPS) is 16.3. The molecule has 0 atom stereocenters. The lowest BCUT2D eigenvalue weighted by atomic mass is 9.94. The molecule has 112 valence electrons. The quantitative estimate of drug-likeness (QED) is 0.927. The minimum absolute atomic E-state index is 0.648. The summed E-state index contributed by atoms with van der Waals surface area (Å²) in [6, 6.07) is 11.4. The highest BCUT2D eigenvalue weighted by atomic mass is 15.2. The van der Waals surface area contributed by atoms with Crippen molar-refractivity contribution in [2.45, 2.75) is 44.7 Å². The predicted octanol–water partition coefficient (Wildman–Crippen LogP) is 3.72. The lowest BCUT2D eigenvalue weighted by Crippen LogP contribution is -2.34. The summed E-state index contributed by atoms with van der Waals surface area (Å²) in [5, 5.41) is 4.53. The molecule has 3 heteroatoms. The van der Waals surface area contributed by atoms with Crippen LogP contribution in [-0.4, -0.2) is 25.1 Å². The number of hydrogen-bond donors (Lipinski definition) is 1. The van der Waals surface area contributed by atoms with Crippen LogP contribution < -0.4 is 10.2 Å². The topological polar surface area (TPSA) is 28.2 Å². The van der Waals surface area contributed by atoms with Crippen LogP contribution in [0.5, 0.6) is 0 Å². The predicted molar refractivity (Wildman–Crippen MR) is 89.8 cm³/mol. The monoisotopic (exact) mass is 283 g/mol. The van der Waals surface area contributed by atoms with Crippen LogP contribution in [0, 0.1) is 0 Å². The standard InChI is InChI=1S/C18H25N3/c1-19-13-14-12-18(20-17-11-7-6-10-16(14)17)21(2)15-8-4-3-5-9-15/h6-7,10-12,15,19H,3-5,8-9,13H2,1-2H3. The van der Waals surface area contributed by atoms with Crippen molar-refractivity contribution in [1.82, 2.24) is 10.3 Å². The number of nitrogens with zero attached hydrogens (tertiary/aromatic N) is 2. The zero-order valence-electron chi connectivity index (χ0n) is 13.1. The first-order valence-corrected chi connectivity index (χ1v) is 8.05. The van der Waals surface area contributed by atoms with Gasteiger partial charge in [-0.1, -0.05) is 37.5 Å². The maximum absolute atomic E-state index is 4.89. The van der Waals surface area contributed by atoms with Crippen LogP contribution in [-0.2, 0) is 6.54 Å². The maximum atomic E-state index is 4.89. The molecule has 0 amide bonds. The third-order valence-electron chi connectivity index (χ3n) is 4.64. The number of pyridine rings is 1. The second-order valence-corrected chi connectivity index (χ2v) is 6.09. The van der Waals surface area contributed by atoms with Gasteiger partial charge in [-0.25, -0.2) is 4.98 Å². The van der Waals surface area contributed by atoms with E-state index in [-0.39, 0.29) is 0 Å². The molecule has 1 aliphatic carbocycles. The number of nitrogens with one attached hydrogen (secondary N) is 1. The molecule has 21 heavy (non-hydrogen) atoms. The van der Waals surface area contributed by atoms with E-state index < -0.39 is 0 Å². The molecular weight excluding hydrogens is 258 g/mol. The van der Waals surface area contributed by atoms with Crippen LogP contribution in [0.15, 0.2) is 30.3 Å². The molecule has 0 aliphatic heterocycles. The molecule has 1 aromatic heterocycles. The van der Waals surface area contributed by atoms with Crippen molar-refractivity contribution >= 4 is 16.7 Å². The molecule has 0 bridgehead atoms. The van der Waals surface area contributed by atoms with Crippen LogP contribution in [0.3, 0.4) is 0 Å². The van der Waals surface area contributed by atoms with Crippen LogP contribution in [0.2, 0.25) is 0 Å². The summed E-state index contributed by atoms with van der Waals surface area (Å²) in [7, 11) is 4.20. The van der Waals surface area contributed by atoms with E-state index in [1.165, 1.54) is 43.1 Å². The van der Waals surface area contributed by atoms with E-state index >= 15 is 0 Å². The number of aromatic nitrogens is 1. The van der Waals surface area contributed by atoms with Gasteiger partial charge in [0.15, 0.2) is 0 Å². The molecule has 1 N–H and O–H groups in total. The highest BCUT2D eigenvalue weighted by Crippen LogP contribution is 2.28. The highest BCUT2D eigenvalue weighted by molar-refractivity contribution is 5.84. The van der Waals surface area contributed by atoms with Crippen LogP contribution in [0.1, 0.15) is 37.7 Å². The summed E-state index contributed by atoms with van der Waals surface area (Å²) in [5.74, 6) is 1.12. The van der Waals surface area contributed by atoms with Gasteiger partial charge in [0, 0.05) is 25.0 Å². The molecule has 3 nitrogen and oxygen atoms in total. The second-order valence-electron chi connectivity index (χ2n) is 6.09.